The highest BCUT2D eigenvalue weighted by Crippen LogP contribution is 2.21. The standard InChI is InChI=1S/C15H14F2N2O2/c1-9-5-6-13(18)12(7-9)14(20)19-10-3-2-4-11(8-10)21-15(16)17/h2-8,15H,18H2,1H3,(H,19,20). The van der Waals surface area contributed by atoms with E-state index >= 15 is 0 Å². The van der Waals surface area contributed by atoms with Crippen LogP contribution >= 0.6 is 0 Å². The molecule has 2 aromatic rings. The first kappa shape index (κ1) is 14.8. The maximum Gasteiger partial charge on any atom is 0.387 e. The molecule has 0 heterocycles. The molecule has 0 aliphatic carbocycles. The summed E-state index contributed by atoms with van der Waals surface area (Å²) in [4.78, 5) is 12.1. The zero-order chi connectivity index (χ0) is 15.4. The highest BCUT2D eigenvalue weighted by molar-refractivity contribution is 6.07. The number of ether oxygens (including phenoxy) is 1. The number of nitrogen functional groups attached to an aromatic ring is 1. The zero-order valence-corrected chi connectivity index (χ0v) is 11.3. The van der Waals surface area contributed by atoms with Crippen molar-refractivity contribution in [3.63, 3.8) is 0 Å². The van der Waals surface area contributed by atoms with E-state index in [2.05, 4.69) is 10.1 Å². The Balaban J connectivity index is 2.17. The first-order valence-electron chi connectivity index (χ1n) is 6.18. The normalized spacial score (nSPS) is 10.5. The Labute approximate surface area is 120 Å². The van der Waals surface area contributed by atoms with E-state index < -0.39 is 12.5 Å². The highest BCUT2D eigenvalue weighted by atomic mass is 19.3. The number of carbonyl (C=O) groups excluding carboxylic acids is 1. The summed E-state index contributed by atoms with van der Waals surface area (Å²) in [7, 11) is 0. The minimum atomic E-state index is -2.91. The molecular weight excluding hydrogens is 278 g/mol. The molecule has 4 nitrogen and oxygen atoms in total. The van der Waals surface area contributed by atoms with Crippen molar-refractivity contribution in [2.24, 2.45) is 0 Å². The van der Waals surface area contributed by atoms with Crippen LogP contribution in [0.15, 0.2) is 42.5 Å². The maximum atomic E-state index is 12.2. The van der Waals surface area contributed by atoms with E-state index in [1.165, 1.54) is 18.2 Å². The van der Waals surface area contributed by atoms with Gasteiger partial charge in [-0.2, -0.15) is 8.78 Å². The molecule has 0 aliphatic heterocycles. The summed E-state index contributed by atoms with van der Waals surface area (Å²) in [5.74, 6) is -0.439. The summed E-state index contributed by atoms with van der Waals surface area (Å²) in [6.07, 6.45) is 0. The molecule has 0 saturated heterocycles. The van der Waals surface area contributed by atoms with Crippen molar-refractivity contribution in [1.29, 1.82) is 0 Å². The SMILES string of the molecule is Cc1ccc(N)c(C(=O)Nc2cccc(OC(F)F)c2)c1. The van der Waals surface area contributed by atoms with E-state index in [1.54, 1.807) is 24.3 Å². The Kier molecular flexibility index (Phi) is 4.37. The number of alkyl halides is 2. The van der Waals surface area contributed by atoms with Crippen LogP contribution in [0.5, 0.6) is 5.75 Å². The molecular formula is C15H14F2N2O2. The molecule has 1 amide bonds. The number of hydrogen-bond donors (Lipinski definition) is 2. The van der Waals surface area contributed by atoms with E-state index in [9.17, 15) is 13.6 Å². The van der Waals surface area contributed by atoms with Gasteiger partial charge >= 0.3 is 6.61 Å². The third-order valence-electron chi connectivity index (χ3n) is 2.77. The van der Waals surface area contributed by atoms with Gasteiger partial charge in [0.25, 0.3) is 5.91 Å². The second-order valence-electron chi connectivity index (χ2n) is 4.45. The summed E-state index contributed by atoms with van der Waals surface area (Å²) < 4.78 is 28.6. The second-order valence-corrected chi connectivity index (χ2v) is 4.45. The molecule has 0 aromatic heterocycles. The van der Waals surface area contributed by atoms with Gasteiger partial charge in [0.2, 0.25) is 0 Å². The molecule has 3 N–H and O–H groups in total. The number of anilines is 2. The highest BCUT2D eigenvalue weighted by Gasteiger charge is 2.11. The van der Waals surface area contributed by atoms with Crippen LogP contribution in [0.25, 0.3) is 0 Å². The summed E-state index contributed by atoms with van der Waals surface area (Å²) in [5.41, 5.74) is 7.67. The topological polar surface area (TPSA) is 64.4 Å². The van der Waals surface area contributed by atoms with Gasteiger partial charge in [-0.3, -0.25) is 4.79 Å². The van der Waals surface area contributed by atoms with Crippen molar-refractivity contribution in [3.8, 4) is 5.75 Å². The van der Waals surface area contributed by atoms with Crippen LogP contribution in [0.1, 0.15) is 15.9 Å². The van der Waals surface area contributed by atoms with E-state index in [1.807, 2.05) is 6.92 Å². The van der Waals surface area contributed by atoms with Crippen molar-refractivity contribution >= 4 is 17.3 Å². The molecule has 0 atom stereocenters. The van der Waals surface area contributed by atoms with Gasteiger partial charge in [-0.15, -0.1) is 0 Å². The number of aryl methyl sites for hydroxylation is 1. The molecule has 0 bridgehead atoms. The third-order valence-corrected chi connectivity index (χ3v) is 2.77. The minimum Gasteiger partial charge on any atom is -0.435 e. The zero-order valence-electron chi connectivity index (χ0n) is 11.3. The van der Waals surface area contributed by atoms with Crippen LogP contribution in [0.4, 0.5) is 20.2 Å². The fourth-order valence-electron chi connectivity index (χ4n) is 1.82. The Morgan fingerprint density at radius 2 is 2.00 bits per heavy atom. The number of amides is 1. The number of carbonyl (C=O) groups is 1. The lowest BCUT2D eigenvalue weighted by atomic mass is 10.1. The number of benzene rings is 2. The molecule has 21 heavy (non-hydrogen) atoms. The lowest BCUT2D eigenvalue weighted by Crippen LogP contribution is -2.14. The Hall–Kier alpha value is -2.63. The number of halogens is 2. The summed E-state index contributed by atoms with van der Waals surface area (Å²) >= 11 is 0. The quantitative estimate of drug-likeness (QED) is 0.848. The lowest BCUT2D eigenvalue weighted by Gasteiger charge is -2.10. The third kappa shape index (κ3) is 3.92. The van der Waals surface area contributed by atoms with E-state index in [0.29, 0.717) is 16.9 Å². The molecule has 2 rings (SSSR count). The first-order valence-corrected chi connectivity index (χ1v) is 6.18. The molecule has 0 saturated carbocycles. The molecule has 2 aromatic carbocycles. The van der Waals surface area contributed by atoms with Crippen molar-refractivity contribution in [2.45, 2.75) is 13.5 Å². The lowest BCUT2D eigenvalue weighted by molar-refractivity contribution is -0.0497. The second kappa shape index (κ2) is 6.21. The van der Waals surface area contributed by atoms with Crippen molar-refractivity contribution < 1.29 is 18.3 Å². The summed E-state index contributed by atoms with van der Waals surface area (Å²) in [6, 6.07) is 10.9. The molecule has 6 heteroatoms. The number of nitrogens with one attached hydrogen (secondary N) is 1. The Morgan fingerprint density at radius 3 is 2.71 bits per heavy atom. The van der Waals surface area contributed by atoms with Crippen LogP contribution in [0.3, 0.4) is 0 Å². The molecule has 0 aliphatic rings. The van der Waals surface area contributed by atoms with Gasteiger partial charge in [-0.25, -0.2) is 0 Å². The van der Waals surface area contributed by atoms with Crippen molar-refractivity contribution in [1.82, 2.24) is 0 Å². The van der Waals surface area contributed by atoms with Crippen LogP contribution in [-0.2, 0) is 0 Å². The molecule has 0 fully saturated rings. The van der Waals surface area contributed by atoms with Gasteiger partial charge in [-0.1, -0.05) is 17.7 Å². The maximum absolute atomic E-state index is 12.2. The number of nitrogens with two attached hydrogens (primary N) is 1. The minimum absolute atomic E-state index is 0.0278. The smallest absolute Gasteiger partial charge is 0.387 e. The van der Waals surface area contributed by atoms with Gasteiger partial charge in [0.15, 0.2) is 0 Å². The number of rotatable bonds is 4. The van der Waals surface area contributed by atoms with Crippen molar-refractivity contribution in [2.75, 3.05) is 11.1 Å². The Morgan fingerprint density at radius 1 is 1.24 bits per heavy atom. The summed E-state index contributed by atoms with van der Waals surface area (Å²) in [5, 5.41) is 2.60. The van der Waals surface area contributed by atoms with E-state index in [0.717, 1.165) is 5.56 Å². The fourth-order valence-corrected chi connectivity index (χ4v) is 1.82. The molecule has 0 unspecified atom stereocenters. The van der Waals surface area contributed by atoms with Gasteiger partial charge in [-0.05, 0) is 31.2 Å². The van der Waals surface area contributed by atoms with Crippen LogP contribution in [0.2, 0.25) is 0 Å². The van der Waals surface area contributed by atoms with E-state index in [-0.39, 0.29) is 5.75 Å². The van der Waals surface area contributed by atoms with Gasteiger partial charge in [0, 0.05) is 17.4 Å². The Bertz CT molecular complexity index is 660. The van der Waals surface area contributed by atoms with Gasteiger partial charge < -0.3 is 15.8 Å². The van der Waals surface area contributed by atoms with E-state index in [4.69, 9.17) is 5.73 Å². The molecule has 0 spiro atoms. The monoisotopic (exact) mass is 292 g/mol. The van der Waals surface area contributed by atoms with Crippen LogP contribution in [0, 0.1) is 6.92 Å². The van der Waals surface area contributed by atoms with Crippen LogP contribution in [-0.4, -0.2) is 12.5 Å². The predicted molar refractivity (Wildman–Crippen MR) is 76.6 cm³/mol. The number of hydrogen-bond acceptors (Lipinski definition) is 3. The molecule has 0 radical (unpaired) electrons. The van der Waals surface area contributed by atoms with Crippen molar-refractivity contribution in [3.05, 3.63) is 53.6 Å². The average Bonchev–Trinajstić information content (AvgIpc) is 2.41. The fraction of sp³-hybridized carbons (Fsp3) is 0.133. The van der Waals surface area contributed by atoms with Crippen LogP contribution < -0.4 is 15.8 Å². The predicted octanol–water partition coefficient (Wildman–Crippen LogP) is 3.43. The average molecular weight is 292 g/mol. The molecule has 110 valence electrons. The van der Waals surface area contributed by atoms with Gasteiger partial charge in [0.1, 0.15) is 5.75 Å². The first-order chi connectivity index (χ1) is 9.95. The van der Waals surface area contributed by atoms with Gasteiger partial charge in [0.05, 0.1) is 5.56 Å². The largest absolute Gasteiger partial charge is 0.435 e. The summed E-state index contributed by atoms with van der Waals surface area (Å²) in [6.45, 7) is -1.07.